The van der Waals surface area contributed by atoms with Gasteiger partial charge in [-0.05, 0) is 38.0 Å². The van der Waals surface area contributed by atoms with Gasteiger partial charge in [0.05, 0.1) is 17.8 Å². The van der Waals surface area contributed by atoms with Gasteiger partial charge in [-0.15, -0.1) is 0 Å². The number of pyridine rings is 1. The third-order valence-corrected chi connectivity index (χ3v) is 4.20. The highest BCUT2D eigenvalue weighted by Gasteiger charge is 2.14. The first-order valence-corrected chi connectivity index (χ1v) is 7.72. The maximum Gasteiger partial charge on any atom is 0.0746 e. The van der Waals surface area contributed by atoms with Gasteiger partial charge in [-0.1, -0.05) is 24.3 Å². The first-order chi connectivity index (χ1) is 10.6. The summed E-state index contributed by atoms with van der Waals surface area (Å²) in [4.78, 5) is 4.51. The number of aryl methyl sites for hydroxylation is 1. The Bertz CT molecular complexity index is 757. The van der Waals surface area contributed by atoms with Crippen molar-refractivity contribution in [2.75, 3.05) is 0 Å². The van der Waals surface area contributed by atoms with E-state index < -0.39 is 0 Å². The number of aromatic nitrogens is 3. The van der Waals surface area contributed by atoms with Crippen LogP contribution >= 0.6 is 0 Å². The lowest BCUT2D eigenvalue weighted by Crippen LogP contribution is -2.33. The van der Waals surface area contributed by atoms with Crippen molar-refractivity contribution in [1.82, 2.24) is 20.1 Å². The lowest BCUT2D eigenvalue weighted by molar-refractivity contribution is 0.365. The van der Waals surface area contributed by atoms with Crippen molar-refractivity contribution in [2.45, 2.75) is 39.4 Å². The van der Waals surface area contributed by atoms with Gasteiger partial charge in [-0.25, -0.2) is 0 Å². The van der Waals surface area contributed by atoms with Crippen molar-refractivity contribution in [3.63, 3.8) is 0 Å². The molecule has 0 aliphatic carbocycles. The summed E-state index contributed by atoms with van der Waals surface area (Å²) >= 11 is 0. The second-order valence-corrected chi connectivity index (χ2v) is 5.90. The Balaban J connectivity index is 1.71. The van der Waals surface area contributed by atoms with Crippen molar-refractivity contribution in [3.05, 3.63) is 60.0 Å². The highest BCUT2D eigenvalue weighted by molar-refractivity contribution is 5.81. The van der Waals surface area contributed by atoms with Crippen LogP contribution in [0.5, 0.6) is 0 Å². The number of benzene rings is 1. The van der Waals surface area contributed by atoms with Gasteiger partial charge in [0, 0.05) is 30.4 Å². The summed E-state index contributed by atoms with van der Waals surface area (Å²) < 4.78 is 2.02. The summed E-state index contributed by atoms with van der Waals surface area (Å²) in [6.07, 6.45) is 5.84. The zero-order chi connectivity index (χ0) is 15.5. The fourth-order valence-electron chi connectivity index (χ4n) is 2.64. The van der Waals surface area contributed by atoms with Gasteiger partial charge < -0.3 is 5.32 Å². The molecule has 0 bridgehead atoms. The highest BCUT2D eigenvalue weighted by atomic mass is 15.3. The van der Waals surface area contributed by atoms with E-state index in [-0.39, 0.29) is 0 Å². The molecule has 0 amide bonds. The molecule has 22 heavy (non-hydrogen) atoms. The van der Waals surface area contributed by atoms with E-state index in [9.17, 15) is 0 Å². The van der Waals surface area contributed by atoms with E-state index in [2.05, 4.69) is 66.6 Å². The molecule has 0 saturated carbocycles. The number of hydrogen-bond donors (Lipinski definition) is 1. The van der Waals surface area contributed by atoms with Gasteiger partial charge in [0.25, 0.3) is 0 Å². The van der Waals surface area contributed by atoms with Gasteiger partial charge in [0.1, 0.15) is 0 Å². The van der Waals surface area contributed by atoms with Crippen LogP contribution in [-0.4, -0.2) is 20.8 Å². The van der Waals surface area contributed by atoms with Crippen molar-refractivity contribution in [3.8, 4) is 0 Å². The van der Waals surface area contributed by atoms with Crippen LogP contribution in [-0.2, 0) is 6.54 Å². The molecule has 2 atom stereocenters. The number of rotatable bonds is 5. The van der Waals surface area contributed by atoms with Gasteiger partial charge in [-0.2, -0.15) is 5.10 Å². The summed E-state index contributed by atoms with van der Waals surface area (Å²) in [6.45, 7) is 7.25. The summed E-state index contributed by atoms with van der Waals surface area (Å²) in [7, 11) is 0. The number of nitrogens with one attached hydrogen (secondary N) is 1. The zero-order valence-electron chi connectivity index (χ0n) is 13.3. The molecule has 3 rings (SSSR count). The Morgan fingerprint density at radius 1 is 1.18 bits per heavy atom. The molecule has 4 heteroatoms. The SMILES string of the molecule is Cc1cnn([C@@H](C)[C@@H](C)NCc2cccc3cccnc23)c1. The van der Waals surface area contributed by atoms with E-state index in [0.717, 1.165) is 12.1 Å². The smallest absolute Gasteiger partial charge is 0.0746 e. The Labute approximate surface area is 131 Å². The predicted molar refractivity (Wildman–Crippen MR) is 89.7 cm³/mol. The Morgan fingerprint density at radius 2 is 2.00 bits per heavy atom. The normalized spacial score (nSPS) is 14.1. The molecule has 2 heterocycles. The molecular formula is C18H22N4. The molecule has 4 nitrogen and oxygen atoms in total. The minimum atomic E-state index is 0.302. The van der Waals surface area contributed by atoms with E-state index in [1.807, 2.05) is 23.1 Å². The zero-order valence-corrected chi connectivity index (χ0v) is 13.3. The summed E-state index contributed by atoms with van der Waals surface area (Å²) in [5.41, 5.74) is 3.50. The first kappa shape index (κ1) is 14.7. The fourth-order valence-corrected chi connectivity index (χ4v) is 2.64. The van der Waals surface area contributed by atoms with Crippen LogP contribution in [0.3, 0.4) is 0 Å². The Hall–Kier alpha value is -2.20. The van der Waals surface area contributed by atoms with Crippen LogP contribution in [0.2, 0.25) is 0 Å². The number of nitrogens with zero attached hydrogens (tertiary/aromatic N) is 3. The first-order valence-electron chi connectivity index (χ1n) is 7.72. The van der Waals surface area contributed by atoms with Gasteiger partial charge >= 0.3 is 0 Å². The maximum absolute atomic E-state index is 4.51. The van der Waals surface area contributed by atoms with Gasteiger partial charge in [0.15, 0.2) is 0 Å². The summed E-state index contributed by atoms with van der Waals surface area (Å²) in [6, 6.07) is 11.0. The lowest BCUT2D eigenvalue weighted by atomic mass is 10.1. The molecule has 0 radical (unpaired) electrons. The fraction of sp³-hybridized carbons (Fsp3) is 0.333. The predicted octanol–water partition coefficient (Wildman–Crippen LogP) is 3.48. The molecule has 1 aromatic carbocycles. The average molecular weight is 294 g/mol. The second-order valence-electron chi connectivity index (χ2n) is 5.90. The standard InChI is InChI=1S/C18H22N4/c1-13-10-21-22(12-13)15(3)14(2)20-11-17-7-4-6-16-8-5-9-19-18(16)17/h4-10,12,14-15,20H,11H2,1-3H3/t14-,15+/m1/s1. The largest absolute Gasteiger partial charge is 0.308 e. The maximum atomic E-state index is 4.51. The van der Waals surface area contributed by atoms with Crippen LogP contribution < -0.4 is 5.32 Å². The van der Waals surface area contributed by atoms with Crippen molar-refractivity contribution in [1.29, 1.82) is 0 Å². The van der Waals surface area contributed by atoms with E-state index >= 15 is 0 Å². The molecule has 0 unspecified atom stereocenters. The third-order valence-electron chi connectivity index (χ3n) is 4.20. The minimum Gasteiger partial charge on any atom is -0.308 e. The van der Waals surface area contributed by atoms with E-state index in [1.165, 1.54) is 16.5 Å². The third kappa shape index (κ3) is 3.02. The van der Waals surface area contributed by atoms with Gasteiger partial charge in [-0.3, -0.25) is 9.67 Å². The van der Waals surface area contributed by atoms with Crippen molar-refractivity contribution < 1.29 is 0 Å². The van der Waals surface area contributed by atoms with E-state index in [4.69, 9.17) is 0 Å². The van der Waals surface area contributed by atoms with Crippen molar-refractivity contribution >= 4 is 10.9 Å². The molecule has 3 aromatic rings. The van der Waals surface area contributed by atoms with Crippen LogP contribution in [0, 0.1) is 6.92 Å². The average Bonchev–Trinajstić information content (AvgIpc) is 2.98. The molecule has 0 aliphatic heterocycles. The molecule has 0 saturated heterocycles. The molecular weight excluding hydrogens is 272 g/mol. The summed E-state index contributed by atoms with van der Waals surface area (Å²) in [5, 5.41) is 9.19. The monoisotopic (exact) mass is 294 g/mol. The number of hydrogen-bond acceptors (Lipinski definition) is 3. The topological polar surface area (TPSA) is 42.7 Å². The Morgan fingerprint density at radius 3 is 2.77 bits per heavy atom. The quantitative estimate of drug-likeness (QED) is 0.783. The highest BCUT2D eigenvalue weighted by Crippen LogP contribution is 2.17. The molecule has 114 valence electrons. The molecule has 1 N–H and O–H groups in total. The van der Waals surface area contributed by atoms with Gasteiger partial charge in [0.2, 0.25) is 0 Å². The molecule has 0 spiro atoms. The van der Waals surface area contributed by atoms with E-state index in [0.29, 0.717) is 12.1 Å². The van der Waals surface area contributed by atoms with Crippen LogP contribution in [0.1, 0.15) is 31.0 Å². The molecule has 2 aromatic heterocycles. The lowest BCUT2D eigenvalue weighted by Gasteiger charge is -2.22. The van der Waals surface area contributed by atoms with E-state index in [1.54, 1.807) is 0 Å². The summed E-state index contributed by atoms with van der Waals surface area (Å²) in [5.74, 6) is 0. The Kier molecular flexibility index (Phi) is 4.20. The van der Waals surface area contributed by atoms with Crippen LogP contribution in [0.15, 0.2) is 48.9 Å². The molecule has 0 fully saturated rings. The number of para-hydroxylation sites is 1. The number of fused-ring (bicyclic) bond motifs is 1. The second kappa shape index (κ2) is 6.28. The minimum absolute atomic E-state index is 0.302. The van der Waals surface area contributed by atoms with Crippen LogP contribution in [0.25, 0.3) is 10.9 Å². The molecule has 0 aliphatic rings. The van der Waals surface area contributed by atoms with Crippen molar-refractivity contribution in [2.24, 2.45) is 0 Å². The van der Waals surface area contributed by atoms with Crippen LogP contribution in [0.4, 0.5) is 0 Å².